The summed E-state index contributed by atoms with van der Waals surface area (Å²) in [4.78, 5) is 33.7. The number of phosphoric ester groups is 1. The molecule has 4 N–H and O–H groups in total. The highest BCUT2D eigenvalue weighted by atomic mass is 31.2. The van der Waals surface area contributed by atoms with Crippen molar-refractivity contribution in [3.8, 4) is 0 Å². The highest BCUT2D eigenvalue weighted by Gasteiger charge is 2.27. The van der Waals surface area contributed by atoms with Crippen LogP contribution in [0.15, 0.2) is 0 Å². The third kappa shape index (κ3) is 54.7. The van der Waals surface area contributed by atoms with Crippen molar-refractivity contribution in [2.45, 2.75) is 341 Å². The lowest BCUT2D eigenvalue weighted by atomic mass is 10.0. The van der Waals surface area contributed by atoms with Gasteiger partial charge in [-0.25, -0.2) is 4.57 Å². The predicted octanol–water partition coefficient (Wildman–Crippen LogP) is 18.6. The lowest BCUT2D eigenvalue weighted by Crippen LogP contribution is -2.34. The van der Waals surface area contributed by atoms with E-state index in [2.05, 4.69) is 13.8 Å². The number of phosphoric acid groups is 1. The van der Waals surface area contributed by atoms with Gasteiger partial charge in [-0.2, -0.15) is 0 Å². The lowest BCUT2D eigenvalue weighted by molar-refractivity contribution is -0.154. The number of rotatable bonds is 60. The molecule has 0 aromatic carbocycles. The van der Waals surface area contributed by atoms with Gasteiger partial charge in [0.15, 0.2) is 0 Å². The normalized spacial score (nSPS) is 13.4. The van der Waals surface area contributed by atoms with Crippen molar-refractivity contribution in [2.75, 3.05) is 26.4 Å². The summed E-state index contributed by atoms with van der Waals surface area (Å²) in [6, 6.07) is -1.47. The van der Waals surface area contributed by atoms with Crippen LogP contribution in [0.5, 0.6) is 0 Å². The van der Waals surface area contributed by atoms with Crippen LogP contribution in [0.4, 0.5) is 0 Å². The van der Waals surface area contributed by atoms with Crippen molar-refractivity contribution in [3.05, 3.63) is 0 Å². The highest BCUT2D eigenvalue weighted by molar-refractivity contribution is 7.47. The number of ether oxygens (including phenoxy) is 2. The summed E-state index contributed by atoms with van der Waals surface area (Å²) in [5.41, 5.74) is 5.38. The fraction of sp³-hybridized carbons (Fsp3) is 0.966. The van der Waals surface area contributed by atoms with Crippen LogP contribution in [0.25, 0.3) is 0 Å². The minimum atomic E-state index is -4.61. The lowest BCUT2D eigenvalue weighted by Gasteiger charge is -2.20. The predicted molar refractivity (Wildman–Crippen MR) is 296 cm³/mol. The molecular weight excluding hydrogens is 898 g/mol. The van der Waals surface area contributed by atoms with Gasteiger partial charge >= 0.3 is 19.8 Å². The van der Waals surface area contributed by atoms with Crippen LogP contribution >= 0.6 is 7.82 Å². The Hall–Kier alpha value is -1.03. The molecule has 0 aliphatic rings. The van der Waals surface area contributed by atoms with E-state index >= 15 is 0 Å². The molecule has 0 saturated carbocycles. The third-order valence-corrected chi connectivity index (χ3v) is 15.1. The van der Waals surface area contributed by atoms with Gasteiger partial charge in [0, 0.05) is 13.0 Å². The van der Waals surface area contributed by atoms with Gasteiger partial charge in [0.1, 0.15) is 12.1 Å². The van der Waals surface area contributed by atoms with Crippen molar-refractivity contribution >= 4 is 19.8 Å². The van der Waals surface area contributed by atoms with Crippen molar-refractivity contribution in [1.29, 1.82) is 0 Å². The number of carbonyl (C=O) groups excluding carboxylic acids is 1. The third-order valence-electron chi connectivity index (χ3n) is 14.1. The molecule has 0 fully saturated rings. The molecule has 0 aromatic rings. The first-order valence-corrected chi connectivity index (χ1v) is 32.1. The van der Waals surface area contributed by atoms with Crippen LogP contribution < -0.4 is 5.73 Å². The molecule has 0 aromatic heterocycles. The van der Waals surface area contributed by atoms with E-state index in [0.29, 0.717) is 6.61 Å². The maximum Gasteiger partial charge on any atom is 0.472 e. The zero-order valence-electron chi connectivity index (χ0n) is 46.4. The van der Waals surface area contributed by atoms with Crippen LogP contribution in [-0.2, 0) is 32.7 Å². The van der Waals surface area contributed by atoms with Gasteiger partial charge in [0.05, 0.1) is 19.8 Å². The van der Waals surface area contributed by atoms with E-state index in [9.17, 15) is 19.0 Å². The zero-order chi connectivity index (χ0) is 51.1. The molecule has 0 spiro atoms. The molecule has 10 nitrogen and oxygen atoms in total. The Morgan fingerprint density at radius 1 is 0.400 bits per heavy atom. The number of esters is 1. The van der Waals surface area contributed by atoms with Gasteiger partial charge in [-0.1, -0.05) is 309 Å². The fourth-order valence-corrected chi connectivity index (χ4v) is 10.2. The molecule has 0 amide bonds. The molecule has 0 heterocycles. The van der Waals surface area contributed by atoms with Crippen LogP contribution in [0.3, 0.4) is 0 Å². The molecule has 11 heteroatoms. The minimum absolute atomic E-state index is 0.0259. The molecule has 3 atom stereocenters. The maximum atomic E-state index is 12.7. The number of carboxylic acid groups (broad SMARTS) is 1. The van der Waals surface area contributed by atoms with Crippen molar-refractivity contribution in [1.82, 2.24) is 0 Å². The maximum absolute atomic E-state index is 12.7. The summed E-state index contributed by atoms with van der Waals surface area (Å²) < 4.78 is 33.5. The summed E-state index contributed by atoms with van der Waals surface area (Å²) in [6.07, 6.45) is 63.6. The SMILES string of the molecule is CCCCCCCCCCCCCCCCCCCCCCCCCCCCCCCCCCCCCCC(=O)O[C@H](COCCCCCCCCCCCCCC)COP(=O)(O)OC[C@H](N)C(=O)O. The molecule has 0 radical (unpaired) electrons. The minimum Gasteiger partial charge on any atom is -0.480 e. The molecule has 70 heavy (non-hydrogen) atoms. The van der Waals surface area contributed by atoms with E-state index in [1.165, 1.54) is 270 Å². The van der Waals surface area contributed by atoms with Crippen molar-refractivity contribution in [3.63, 3.8) is 0 Å². The first kappa shape index (κ1) is 69.0. The Morgan fingerprint density at radius 2 is 0.657 bits per heavy atom. The van der Waals surface area contributed by atoms with Gasteiger partial charge in [-0.15, -0.1) is 0 Å². The Bertz CT molecular complexity index is 1130. The summed E-state index contributed by atoms with van der Waals surface area (Å²) in [5.74, 6) is -1.76. The zero-order valence-corrected chi connectivity index (χ0v) is 47.3. The van der Waals surface area contributed by atoms with Crippen molar-refractivity contribution < 1.29 is 42.7 Å². The molecule has 0 saturated heterocycles. The molecule has 1 unspecified atom stereocenters. The van der Waals surface area contributed by atoms with Crippen LogP contribution in [0.2, 0.25) is 0 Å². The second-order valence-electron chi connectivity index (χ2n) is 21.2. The van der Waals surface area contributed by atoms with Gasteiger partial charge in [0.2, 0.25) is 0 Å². The molecule has 0 aliphatic heterocycles. The smallest absolute Gasteiger partial charge is 0.472 e. The Kier molecular flexibility index (Phi) is 54.9. The Morgan fingerprint density at radius 3 is 0.943 bits per heavy atom. The van der Waals surface area contributed by atoms with Crippen molar-refractivity contribution in [2.24, 2.45) is 5.73 Å². The average Bonchev–Trinajstić information content (AvgIpc) is 3.34. The molecule has 0 bridgehead atoms. The second kappa shape index (κ2) is 55.7. The van der Waals surface area contributed by atoms with Crippen LogP contribution in [0, 0.1) is 0 Å². The van der Waals surface area contributed by atoms with Crippen LogP contribution in [-0.4, -0.2) is 60.5 Å². The summed E-state index contributed by atoms with van der Waals surface area (Å²) in [5, 5.41) is 8.93. The Balaban J connectivity index is 3.77. The van der Waals surface area contributed by atoms with E-state index in [4.69, 9.17) is 29.4 Å². The first-order valence-electron chi connectivity index (χ1n) is 30.6. The summed E-state index contributed by atoms with van der Waals surface area (Å²) in [6.45, 7) is 3.96. The summed E-state index contributed by atoms with van der Waals surface area (Å²) >= 11 is 0. The number of hydrogen-bond acceptors (Lipinski definition) is 8. The largest absolute Gasteiger partial charge is 0.480 e. The number of unbranched alkanes of at least 4 members (excludes halogenated alkanes) is 46. The van der Waals surface area contributed by atoms with Gasteiger partial charge in [-0.3, -0.25) is 18.6 Å². The average molecular weight is 1020 g/mol. The topological polar surface area (TPSA) is 155 Å². The highest BCUT2D eigenvalue weighted by Crippen LogP contribution is 2.43. The Labute approximate surface area is 433 Å². The number of carboxylic acids is 1. The standard InChI is InChI=1S/C59H118NO9P/c1-3-5-7-9-11-13-15-17-18-19-20-21-22-23-24-25-26-27-28-29-30-31-32-33-34-35-36-37-38-39-40-41-43-45-47-49-51-58(61)69-56(54-67-70(64,65)68-55-57(60)59(62)63)53-66-52-50-48-46-44-42-16-14-12-10-8-6-4-2/h56-57H,3-55,60H2,1-2H3,(H,62,63)(H,64,65)/t56-,57+/m1/s1. The van der Waals surface area contributed by atoms with E-state index < -0.39 is 45.1 Å². The number of aliphatic carboxylic acids is 1. The number of nitrogens with two attached hydrogens (primary N) is 1. The van der Waals surface area contributed by atoms with Gasteiger partial charge < -0.3 is 25.2 Å². The van der Waals surface area contributed by atoms with Gasteiger partial charge in [0.25, 0.3) is 0 Å². The van der Waals surface area contributed by atoms with E-state index in [1.54, 1.807) is 0 Å². The van der Waals surface area contributed by atoms with Crippen LogP contribution in [0.1, 0.15) is 328 Å². The van der Waals surface area contributed by atoms with E-state index in [1.807, 2.05) is 0 Å². The van der Waals surface area contributed by atoms with E-state index in [-0.39, 0.29) is 13.0 Å². The number of carbonyl (C=O) groups is 2. The molecule has 0 rings (SSSR count). The molecule has 0 aliphatic carbocycles. The van der Waals surface area contributed by atoms with E-state index in [0.717, 1.165) is 38.5 Å². The molecule has 418 valence electrons. The second-order valence-corrected chi connectivity index (χ2v) is 22.7. The quantitative estimate of drug-likeness (QED) is 0.0305. The number of hydrogen-bond donors (Lipinski definition) is 3. The molecular formula is C59H118NO9P. The van der Waals surface area contributed by atoms with Gasteiger partial charge in [-0.05, 0) is 12.8 Å². The first-order chi connectivity index (χ1) is 34.2. The summed E-state index contributed by atoms with van der Waals surface area (Å²) in [7, 11) is -4.61. The fourth-order valence-electron chi connectivity index (χ4n) is 9.43. The monoisotopic (exact) mass is 1020 g/mol.